The average molecular weight is 221 g/mol. The zero-order chi connectivity index (χ0) is 11.7. The van der Waals surface area contributed by atoms with Gasteiger partial charge in [-0.1, -0.05) is 0 Å². The monoisotopic (exact) mass is 221 g/mol. The molecule has 0 aliphatic carbocycles. The first-order chi connectivity index (χ1) is 7.58. The molecule has 0 atom stereocenters. The second-order valence-corrected chi connectivity index (χ2v) is 3.39. The maximum atomic E-state index is 10.4. The van der Waals surface area contributed by atoms with Gasteiger partial charge in [-0.3, -0.25) is 4.68 Å². The Morgan fingerprint density at radius 1 is 1.62 bits per heavy atom. The summed E-state index contributed by atoms with van der Waals surface area (Å²) < 4.78 is 6.69. The number of carboxylic acid groups (broad SMARTS) is 1. The summed E-state index contributed by atoms with van der Waals surface area (Å²) in [6.45, 7) is -0.416. The van der Waals surface area contributed by atoms with Crippen LogP contribution in [0.25, 0.3) is 10.9 Å². The summed E-state index contributed by atoms with van der Waals surface area (Å²) in [5.41, 5.74) is 7.08. The Morgan fingerprint density at radius 3 is 3.06 bits per heavy atom. The minimum absolute atomic E-state index is 0.284. The number of ether oxygens (including phenoxy) is 1. The summed E-state index contributed by atoms with van der Waals surface area (Å²) in [5.74, 6) is -0.755. The number of nitrogens with zero attached hydrogens (tertiary/aromatic N) is 2. The number of rotatable bonds is 3. The summed E-state index contributed by atoms with van der Waals surface area (Å²) in [5, 5.41) is 13.3. The minimum Gasteiger partial charge on any atom is -0.479 e. The van der Waals surface area contributed by atoms with Crippen LogP contribution in [0.15, 0.2) is 18.2 Å². The highest BCUT2D eigenvalue weighted by Gasteiger charge is 2.11. The van der Waals surface area contributed by atoms with Crippen LogP contribution in [0.3, 0.4) is 0 Å². The van der Waals surface area contributed by atoms with Crippen LogP contribution in [0, 0.1) is 0 Å². The van der Waals surface area contributed by atoms with E-state index in [0.717, 1.165) is 5.52 Å². The lowest BCUT2D eigenvalue weighted by molar-refractivity contribution is -0.139. The third kappa shape index (κ3) is 1.77. The van der Waals surface area contributed by atoms with Crippen molar-refractivity contribution < 1.29 is 14.6 Å². The molecule has 16 heavy (non-hydrogen) atoms. The van der Waals surface area contributed by atoms with Gasteiger partial charge in [-0.25, -0.2) is 4.79 Å². The number of nitrogens with two attached hydrogens (primary N) is 1. The first kappa shape index (κ1) is 10.3. The van der Waals surface area contributed by atoms with E-state index in [4.69, 9.17) is 15.6 Å². The zero-order valence-electron chi connectivity index (χ0n) is 8.67. The lowest BCUT2D eigenvalue weighted by Gasteiger charge is -1.98. The van der Waals surface area contributed by atoms with Crippen molar-refractivity contribution in [3.8, 4) is 5.88 Å². The molecule has 0 unspecified atom stereocenters. The van der Waals surface area contributed by atoms with Crippen molar-refractivity contribution in [2.24, 2.45) is 7.05 Å². The number of hydrogen-bond donors (Lipinski definition) is 2. The van der Waals surface area contributed by atoms with Crippen molar-refractivity contribution in [2.45, 2.75) is 0 Å². The summed E-state index contributed by atoms with van der Waals surface area (Å²) in [4.78, 5) is 10.4. The van der Waals surface area contributed by atoms with E-state index in [1.54, 1.807) is 23.9 Å². The van der Waals surface area contributed by atoms with E-state index in [0.29, 0.717) is 11.1 Å². The van der Waals surface area contributed by atoms with E-state index in [2.05, 4.69) is 5.10 Å². The van der Waals surface area contributed by atoms with Crippen LogP contribution in [0.5, 0.6) is 5.88 Å². The molecule has 0 spiro atoms. The normalized spacial score (nSPS) is 10.6. The molecule has 3 N–H and O–H groups in total. The van der Waals surface area contributed by atoms with Gasteiger partial charge in [0.15, 0.2) is 6.61 Å². The Kier molecular flexibility index (Phi) is 2.40. The number of aliphatic carboxylic acids is 1. The van der Waals surface area contributed by atoms with Crippen molar-refractivity contribution >= 4 is 22.6 Å². The van der Waals surface area contributed by atoms with Crippen LogP contribution in [0.4, 0.5) is 5.69 Å². The minimum atomic E-state index is -1.04. The molecule has 0 saturated carbocycles. The lowest BCUT2D eigenvalue weighted by atomic mass is 10.2. The first-order valence-corrected chi connectivity index (χ1v) is 4.65. The van der Waals surface area contributed by atoms with Crippen LogP contribution in [-0.2, 0) is 11.8 Å². The van der Waals surface area contributed by atoms with E-state index in [9.17, 15) is 4.79 Å². The predicted octanol–water partition coefficient (Wildman–Crippen LogP) is 0.619. The topological polar surface area (TPSA) is 90.4 Å². The SMILES string of the molecule is Cn1nc(OCC(=O)O)c2cc(N)ccc21. The van der Waals surface area contributed by atoms with Crippen LogP contribution >= 0.6 is 0 Å². The number of aromatic nitrogens is 2. The Labute approximate surface area is 91.2 Å². The summed E-state index contributed by atoms with van der Waals surface area (Å²) in [7, 11) is 1.76. The highest BCUT2D eigenvalue weighted by atomic mass is 16.5. The van der Waals surface area contributed by atoms with Crippen LogP contribution < -0.4 is 10.5 Å². The molecular weight excluding hydrogens is 210 g/mol. The fourth-order valence-electron chi connectivity index (χ4n) is 1.49. The van der Waals surface area contributed by atoms with Crippen molar-refractivity contribution in [2.75, 3.05) is 12.3 Å². The Balaban J connectivity index is 2.44. The number of fused-ring (bicyclic) bond motifs is 1. The van der Waals surface area contributed by atoms with E-state index < -0.39 is 12.6 Å². The van der Waals surface area contributed by atoms with E-state index >= 15 is 0 Å². The number of nitrogen functional groups attached to an aromatic ring is 1. The van der Waals surface area contributed by atoms with Crippen LogP contribution in [0.2, 0.25) is 0 Å². The zero-order valence-corrected chi connectivity index (χ0v) is 8.67. The highest BCUT2D eigenvalue weighted by molar-refractivity contribution is 5.87. The Morgan fingerprint density at radius 2 is 2.38 bits per heavy atom. The molecule has 2 rings (SSSR count). The van der Waals surface area contributed by atoms with Crippen molar-refractivity contribution in [3.63, 3.8) is 0 Å². The molecule has 0 aliphatic rings. The molecule has 0 saturated heterocycles. The number of hydrogen-bond acceptors (Lipinski definition) is 4. The van der Waals surface area contributed by atoms with Gasteiger partial charge in [0.05, 0.1) is 10.9 Å². The largest absolute Gasteiger partial charge is 0.479 e. The molecule has 6 heteroatoms. The van der Waals surface area contributed by atoms with Crippen molar-refractivity contribution in [1.82, 2.24) is 9.78 Å². The van der Waals surface area contributed by atoms with Gasteiger partial charge in [0, 0.05) is 12.7 Å². The fraction of sp³-hybridized carbons (Fsp3) is 0.200. The predicted molar refractivity (Wildman–Crippen MR) is 58.3 cm³/mol. The summed E-state index contributed by atoms with van der Waals surface area (Å²) in [6, 6.07) is 5.27. The molecule has 0 bridgehead atoms. The summed E-state index contributed by atoms with van der Waals surface area (Å²) >= 11 is 0. The molecule has 0 amide bonds. The Bertz CT molecular complexity index is 547. The number of benzene rings is 1. The van der Waals surface area contributed by atoms with E-state index in [-0.39, 0.29) is 5.88 Å². The Hall–Kier alpha value is -2.24. The van der Waals surface area contributed by atoms with Gasteiger partial charge in [0.2, 0.25) is 5.88 Å². The maximum absolute atomic E-state index is 10.4. The number of aryl methyl sites for hydroxylation is 1. The van der Waals surface area contributed by atoms with Gasteiger partial charge in [0.25, 0.3) is 0 Å². The number of carboxylic acids is 1. The van der Waals surface area contributed by atoms with Gasteiger partial charge in [0.1, 0.15) is 0 Å². The first-order valence-electron chi connectivity index (χ1n) is 4.65. The third-order valence-corrected chi connectivity index (χ3v) is 2.17. The second-order valence-electron chi connectivity index (χ2n) is 3.39. The van der Waals surface area contributed by atoms with E-state index in [1.807, 2.05) is 6.07 Å². The molecule has 1 aromatic heterocycles. The smallest absolute Gasteiger partial charge is 0.341 e. The van der Waals surface area contributed by atoms with Crippen LogP contribution in [0.1, 0.15) is 0 Å². The average Bonchev–Trinajstić information content (AvgIpc) is 2.52. The van der Waals surface area contributed by atoms with Gasteiger partial charge >= 0.3 is 5.97 Å². The van der Waals surface area contributed by atoms with Crippen LogP contribution in [-0.4, -0.2) is 27.5 Å². The number of anilines is 1. The molecule has 0 aliphatic heterocycles. The highest BCUT2D eigenvalue weighted by Crippen LogP contribution is 2.26. The maximum Gasteiger partial charge on any atom is 0.341 e. The fourth-order valence-corrected chi connectivity index (χ4v) is 1.49. The molecule has 0 fully saturated rings. The van der Waals surface area contributed by atoms with Gasteiger partial charge in [-0.2, -0.15) is 0 Å². The molecule has 6 nitrogen and oxygen atoms in total. The molecule has 84 valence electrons. The molecule has 0 radical (unpaired) electrons. The van der Waals surface area contributed by atoms with Gasteiger partial charge in [-0.05, 0) is 18.2 Å². The van der Waals surface area contributed by atoms with E-state index in [1.165, 1.54) is 0 Å². The second kappa shape index (κ2) is 3.73. The third-order valence-electron chi connectivity index (χ3n) is 2.17. The van der Waals surface area contributed by atoms with Crippen molar-refractivity contribution in [3.05, 3.63) is 18.2 Å². The van der Waals surface area contributed by atoms with Gasteiger partial charge in [-0.15, -0.1) is 5.10 Å². The number of carbonyl (C=O) groups is 1. The molecule has 1 aromatic carbocycles. The standard InChI is InChI=1S/C10H11N3O3/c1-13-8-3-2-6(11)4-7(8)10(12-13)16-5-9(14)15/h2-4H,5,11H2,1H3,(H,14,15). The molecule has 2 aromatic rings. The quantitative estimate of drug-likeness (QED) is 0.741. The molecular formula is C10H11N3O3. The van der Waals surface area contributed by atoms with Gasteiger partial charge < -0.3 is 15.6 Å². The lowest BCUT2D eigenvalue weighted by Crippen LogP contribution is -2.10. The molecule has 1 heterocycles. The van der Waals surface area contributed by atoms with Crippen molar-refractivity contribution in [1.29, 1.82) is 0 Å². The summed E-state index contributed by atoms with van der Waals surface area (Å²) in [6.07, 6.45) is 0.